The Kier molecular flexibility index (Phi) is 8.32. The lowest BCUT2D eigenvalue weighted by molar-refractivity contribution is -0.254. The highest BCUT2D eigenvalue weighted by molar-refractivity contribution is 7.85. The number of hydrogen-bond donors (Lipinski definition) is 6. The maximum absolute atomic E-state index is 13.7. The van der Waals surface area contributed by atoms with Crippen LogP contribution in [0.1, 0.15) is 68.8 Å². The molecule has 2 aliphatic carbocycles. The molecule has 1 fully saturated rings. The molecular formula is C28H31NO14S. The normalized spacial score (nSPS) is 28.2. The van der Waals surface area contributed by atoms with E-state index in [9.17, 15) is 48.3 Å². The predicted octanol–water partition coefficient (Wildman–Crippen LogP) is -0.477. The summed E-state index contributed by atoms with van der Waals surface area (Å²) >= 11 is 0. The molecule has 6 N–H and O–H groups in total. The zero-order valence-electron chi connectivity index (χ0n) is 23.8. The highest BCUT2D eigenvalue weighted by Crippen LogP contribution is 2.52. The van der Waals surface area contributed by atoms with Gasteiger partial charge in [-0.2, -0.15) is 18.2 Å². The van der Waals surface area contributed by atoms with Gasteiger partial charge in [-0.05, 0) is 13.0 Å². The maximum Gasteiger partial charge on any atom is 0.280 e. The number of aliphatic hydroxyl groups is 3. The number of hydroxylamine groups is 1. The van der Waals surface area contributed by atoms with Gasteiger partial charge in [-0.25, -0.2) is 0 Å². The Bertz CT molecular complexity index is 1660. The van der Waals surface area contributed by atoms with Crippen LogP contribution in [0.2, 0.25) is 0 Å². The van der Waals surface area contributed by atoms with Gasteiger partial charge in [-0.15, -0.1) is 0 Å². The first kappa shape index (κ1) is 31.9. The molecule has 2 aromatic rings. The van der Waals surface area contributed by atoms with E-state index in [0.29, 0.717) is 0 Å². The van der Waals surface area contributed by atoms with Crippen molar-refractivity contribution in [1.82, 2.24) is 5.48 Å². The molecule has 1 heterocycles. The van der Waals surface area contributed by atoms with Crippen molar-refractivity contribution in [3.05, 3.63) is 51.6 Å². The third kappa shape index (κ3) is 5.37. The number of rotatable bonds is 8. The van der Waals surface area contributed by atoms with E-state index in [1.807, 2.05) is 0 Å². The number of carbonyl (C=O) groups excluding carboxylic acids is 3. The van der Waals surface area contributed by atoms with Crippen LogP contribution in [-0.2, 0) is 35.1 Å². The summed E-state index contributed by atoms with van der Waals surface area (Å²) in [6, 6.07) is 3.22. The number of phenolic OH excluding ortho intramolecular Hbond substituents is 2. The topological polar surface area (TPSA) is 235 Å². The highest BCUT2D eigenvalue weighted by Gasteiger charge is 2.50. The Hall–Kier alpha value is -3.48. The zero-order chi connectivity index (χ0) is 32.3. The fraction of sp³-hybridized carbons (Fsp3) is 0.464. The van der Waals surface area contributed by atoms with Crippen molar-refractivity contribution in [2.75, 3.05) is 20.0 Å². The van der Waals surface area contributed by atoms with E-state index in [0.717, 1.165) is 6.26 Å². The molecule has 238 valence electrons. The minimum atomic E-state index is -3.96. The Morgan fingerprint density at radius 1 is 1.14 bits per heavy atom. The standard InChI is InChI=1S/C28H31NO14S/c1-11-23(32)14(29-43-44(3,38)39)7-18(41-11)42-16-9-28(37,17(31)10-30)8-13-20(16)27(36)22-21(25(13)34)24(33)12-5-4-6-15(40-2)19(12)26(22)35/h4-6,11,14,16,18,23,29-30,32,34,36-37H,7-10H2,1-3H3/t11?,14?,16-,18?,23?,28-/m0/s1. The Morgan fingerprint density at radius 3 is 2.45 bits per heavy atom. The van der Waals surface area contributed by atoms with E-state index >= 15 is 0 Å². The molecule has 0 amide bonds. The number of Topliss-reactive ketones (excluding diaryl/α,β-unsaturated/α-hetero) is 1. The fourth-order valence-electron chi connectivity index (χ4n) is 5.98. The lowest BCUT2D eigenvalue weighted by Gasteiger charge is -2.42. The van der Waals surface area contributed by atoms with Gasteiger partial charge in [-0.3, -0.25) is 14.4 Å². The molecule has 2 aromatic carbocycles. The maximum atomic E-state index is 13.7. The van der Waals surface area contributed by atoms with Crippen molar-refractivity contribution in [3.8, 4) is 17.2 Å². The molecule has 1 aliphatic heterocycles. The molecular weight excluding hydrogens is 606 g/mol. The molecule has 16 heteroatoms. The number of ketones is 3. The first-order chi connectivity index (χ1) is 20.6. The largest absolute Gasteiger partial charge is 0.507 e. The van der Waals surface area contributed by atoms with Crippen molar-refractivity contribution in [2.45, 2.75) is 62.4 Å². The first-order valence-corrected chi connectivity index (χ1v) is 15.3. The second-order valence-corrected chi connectivity index (χ2v) is 12.6. The summed E-state index contributed by atoms with van der Waals surface area (Å²) in [7, 11) is -2.67. The minimum Gasteiger partial charge on any atom is -0.507 e. The van der Waals surface area contributed by atoms with Gasteiger partial charge < -0.3 is 39.7 Å². The third-order valence-corrected chi connectivity index (χ3v) is 8.51. The first-order valence-electron chi connectivity index (χ1n) is 13.5. The van der Waals surface area contributed by atoms with Crippen LogP contribution in [0, 0.1) is 0 Å². The van der Waals surface area contributed by atoms with Crippen LogP contribution >= 0.6 is 0 Å². The number of benzene rings is 2. The molecule has 4 unspecified atom stereocenters. The molecule has 15 nitrogen and oxygen atoms in total. The van der Waals surface area contributed by atoms with E-state index in [4.69, 9.17) is 14.2 Å². The summed E-state index contributed by atoms with van der Waals surface area (Å²) < 4.78 is 44.6. The van der Waals surface area contributed by atoms with Gasteiger partial charge >= 0.3 is 0 Å². The number of aromatic hydroxyl groups is 2. The Morgan fingerprint density at radius 2 is 1.82 bits per heavy atom. The molecule has 0 aromatic heterocycles. The monoisotopic (exact) mass is 637 g/mol. The smallest absolute Gasteiger partial charge is 0.280 e. The van der Waals surface area contributed by atoms with Crippen LogP contribution in [0.5, 0.6) is 17.2 Å². The molecule has 3 aliphatic rings. The molecule has 0 saturated carbocycles. The summed E-state index contributed by atoms with van der Waals surface area (Å²) in [5.74, 6) is -4.15. The quantitative estimate of drug-likeness (QED) is 0.135. The zero-order valence-corrected chi connectivity index (χ0v) is 24.6. The van der Waals surface area contributed by atoms with Crippen LogP contribution in [0.3, 0.4) is 0 Å². The number of carbonyl (C=O) groups is 3. The van der Waals surface area contributed by atoms with Crippen LogP contribution in [-0.4, -0.2) is 101 Å². The lowest BCUT2D eigenvalue weighted by Crippen LogP contribution is -2.54. The third-order valence-electron chi connectivity index (χ3n) is 8.11. The SMILES string of the molecule is COc1cccc2c1C(=O)c1c(O)c3c(c(O)c1C2=O)C[C@@](O)(C(=O)CO)C[C@@H]3OC1CC(NOS(C)(=O)=O)C(O)C(C)O1. The second-order valence-electron chi connectivity index (χ2n) is 11.0. The molecule has 1 saturated heterocycles. The van der Waals surface area contributed by atoms with E-state index in [2.05, 4.69) is 9.76 Å². The summed E-state index contributed by atoms with van der Waals surface area (Å²) in [4.78, 5) is 40.0. The summed E-state index contributed by atoms with van der Waals surface area (Å²) in [6.45, 7) is 0.378. The Balaban J connectivity index is 1.61. The van der Waals surface area contributed by atoms with Crippen molar-refractivity contribution < 1.29 is 66.8 Å². The van der Waals surface area contributed by atoms with Gasteiger partial charge in [0, 0.05) is 36.0 Å². The average molecular weight is 638 g/mol. The molecule has 0 spiro atoms. The van der Waals surface area contributed by atoms with Gasteiger partial charge in [0.25, 0.3) is 10.1 Å². The number of phenols is 2. The minimum absolute atomic E-state index is 0.0526. The lowest BCUT2D eigenvalue weighted by atomic mass is 9.72. The van der Waals surface area contributed by atoms with Crippen LogP contribution in [0.25, 0.3) is 0 Å². The van der Waals surface area contributed by atoms with Gasteiger partial charge in [0.1, 0.15) is 29.5 Å². The van der Waals surface area contributed by atoms with Gasteiger partial charge in [0.15, 0.2) is 17.9 Å². The number of ether oxygens (including phenoxy) is 3. The van der Waals surface area contributed by atoms with Crippen molar-refractivity contribution in [1.29, 1.82) is 0 Å². The highest BCUT2D eigenvalue weighted by atomic mass is 32.2. The van der Waals surface area contributed by atoms with Crippen LogP contribution in [0.4, 0.5) is 0 Å². The second kappa shape index (κ2) is 11.5. The number of nitrogens with one attached hydrogen (secondary N) is 1. The number of hydrogen-bond acceptors (Lipinski definition) is 15. The van der Waals surface area contributed by atoms with Crippen molar-refractivity contribution in [3.63, 3.8) is 0 Å². The van der Waals surface area contributed by atoms with Crippen molar-refractivity contribution >= 4 is 27.5 Å². The number of aliphatic hydroxyl groups excluding tert-OH is 2. The molecule has 0 bridgehead atoms. The van der Waals surface area contributed by atoms with E-state index in [-0.39, 0.29) is 34.4 Å². The number of methoxy groups -OCH3 is 1. The van der Waals surface area contributed by atoms with E-state index in [1.165, 1.54) is 32.2 Å². The van der Waals surface area contributed by atoms with E-state index in [1.54, 1.807) is 0 Å². The van der Waals surface area contributed by atoms with Gasteiger partial charge in [0.05, 0.1) is 54.4 Å². The summed E-state index contributed by atoms with van der Waals surface area (Å²) in [6.07, 6.45) is -5.66. The van der Waals surface area contributed by atoms with Crippen LogP contribution < -0.4 is 10.2 Å². The van der Waals surface area contributed by atoms with Crippen LogP contribution in [0.15, 0.2) is 18.2 Å². The van der Waals surface area contributed by atoms with E-state index < -0.39 is 106 Å². The average Bonchev–Trinajstić information content (AvgIpc) is 2.97. The van der Waals surface area contributed by atoms with Gasteiger partial charge in [-0.1, -0.05) is 12.1 Å². The molecule has 5 rings (SSSR count). The summed E-state index contributed by atoms with van der Waals surface area (Å²) in [5, 5.41) is 54.4. The molecule has 44 heavy (non-hydrogen) atoms. The molecule has 6 atom stereocenters. The fourth-order valence-corrected chi connectivity index (χ4v) is 6.28. The van der Waals surface area contributed by atoms with Gasteiger partial charge in [0.2, 0.25) is 5.78 Å². The predicted molar refractivity (Wildman–Crippen MR) is 147 cm³/mol. The molecule has 0 radical (unpaired) electrons. The Labute approximate surface area is 251 Å². The summed E-state index contributed by atoms with van der Waals surface area (Å²) in [5.41, 5.74) is -1.89. The number of fused-ring (bicyclic) bond motifs is 3. The van der Waals surface area contributed by atoms with Crippen molar-refractivity contribution in [2.24, 2.45) is 0 Å².